The first-order valence-electron chi connectivity index (χ1n) is 13.1. The maximum atomic E-state index is 13.0. The molecule has 0 spiro atoms. The molecule has 0 saturated heterocycles. The highest BCUT2D eigenvalue weighted by molar-refractivity contribution is 8.15. The van der Waals surface area contributed by atoms with E-state index in [1.54, 1.807) is 30.1 Å². The van der Waals surface area contributed by atoms with Gasteiger partial charge in [-0.2, -0.15) is 8.42 Å². The van der Waals surface area contributed by atoms with Crippen LogP contribution in [0.1, 0.15) is 38.9 Å². The van der Waals surface area contributed by atoms with Gasteiger partial charge in [0.15, 0.2) is 0 Å². The van der Waals surface area contributed by atoms with Gasteiger partial charge in [-0.1, -0.05) is 29.6 Å². The molecule has 2 amide bonds. The number of nitrogens with one attached hydrogen (secondary N) is 2. The van der Waals surface area contributed by atoms with Crippen LogP contribution in [0.2, 0.25) is 0 Å². The first kappa shape index (κ1) is 30.2. The molecule has 1 aliphatic heterocycles. The highest BCUT2D eigenvalue weighted by Gasteiger charge is 2.23. The minimum Gasteiger partial charge on any atom is -0.347 e. The fraction of sp³-hybridized carbons (Fsp3) is 0.200. The lowest BCUT2D eigenvalue weighted by molar-refractivity contribution is 0.0949. The molecule has 2 heterocycles. The summed E-state index contributed by atoms with van der Waals surface area (Å²) in [6.07, 6.45) is 3.45. The molecule has 0 fully saturated rings. The van der Waals surface area contributed by atoms with Gasteiger partial charge < -0.3 is 10.6 Å². The SMILES string of the molecule is C/C=S1/c2ccc(C(=O)NCc3cnc(-c4ccc(SCCCOS(C)(=O)=O)cc4)s3)cc2NC(=O)c2ccccc21. The van der Waals surface area contributed by atoms with Crippen LogP contribution >= 0.6 is 33.6 Å². The van der Waals surface area contributed by atoms with E-state index in [1.165, 1.54) is 11.3 Å². The van der Waals surface area contributed by atoms with E-state index in [4.69, 9.17) is 4.18 Å². The Labute approximate surface area is 256 Å². The predicted octanol–water partition coefficient (Wildman–Crippen LogP) is 6.27. The molecule has 42 heavy (non-hydrogen) atoms. The molecule has 0 bridgehead atoms. The van der Waals surface area contributed by atoms with Gasteiger partial charge in [-0.15, -0.1) is 33.6 Å². The number of fused-ring (bicyclic) bond motifs is 2. The fourth-order valence-electron chi connectivity index (χ4n) is 4.31. The molecule has 218 valence electrons. The van der Waals surface area contributed by atoms with Crippen LogP contribution in [-0.4, -0.2) is 49.2 Å². The number of hydrogen-bond donors (Lipinski definition) is 2. The van der Waals surface area contributed by atoms with Gasteiger partial charge in [0.05, 0.1) is 30.7 Å². The first-order valence-corrected chi connectivity index (χ1v) is 18.0. The Morgan fingerprint density at radius 2 is 1.90 bits per heavy atom. The minimum absolute atomic E-state index is 0.177. The van der Waals surface area contributed by atoms with E-state index in [9.17, 15) is 18.0 Å². The summed E-state index contributed by atoms with van der Waals surface area (Å²) in [5.74, 6) is 0.342. The number of nitrogens with zero attached hydrogens (tertiary/aromatic N) is 1. The number of carbonyl (C=O) groups is 2. The Hall–Kier alpha value is -3.29. The van der Waals surface area contributed by atoms with Crippen molar-refractivity contribution in [3.05, 3.63) is 88.9 Å². The number of aromatic nitrogens is 1. The number of thioether (sulfide) groups is 1. The summed E-state index contributed by atoms with van der Waals surface area (Å²) >= 11 is 3.15. The Kier molecular flexibility index (Phi) is 9.59. The van der Waals surface area contributed by atoms with Crippen molar-refractivity contribution in [1.82, 2.24) is 10.3 Å². The van der Waals surface area contributed by atoms with E-state index in [0.29, 0.717) is 29.8 Å². The zero-order valence-corrected chi connectivity index (χ0v) is 26.2. The van der Waals surface area contributed by atoms with Crippen LogP contribution < -0.4 is 10.6 Å². The van der Waals surface area contributed by atoms with Crippen molar-refractivity contribution < 1.29 is 22.2 Å². The molecule has 2 N–H and O–H groups in total. The van der Waals surface area contributed by atoms with E-state index in [2.05, 4.69) is 21.0 Å². The number of hydrogen-bond acceptors (Lipinski definition) is 8. The second-order valence-electron chi connectivity index (χ2n) is 9.30. The van der Waals surface area contributed by atoms with Gasteiger partial charge in [-0.3, -0.25) is 13.8 Å². The lowest BCUT2D eigenvalue weighted by Gasteiger charge is -2.13. The third kappa shape index (κ3) is 7.37. The lowest BCUT2D eigenvalue weighted by Crippen LogP contribution is -2.22. The summed E-state index contributed by atoms with van der Waals surface area (Å²) in [6, 6.07) is 21.1. The molecule has 0 aliphatic carbocycles. The molecule has 1 atom stereocenters. The molecule has 1 aliphatic rings. The van der Waals surface area contributed by atoms with E-state index >= 15 is 0 Å². The van der Waals surface area contributed by atoms with Crippen molar-refractivity contribution in [3.63, 3.8) is 0 Å². The highest BCUT2D eigenvalue weighted by Crippen LogP contribution is 2.44. The normalized spacial score (nSPS) is 14.5. The molecule has 0 saturated carbocycles. The number of rotatable bonds is 10. The van der Waals surface area contributed by atoms with Gasteiger partial charge in [0.2, 0.25) is 0 Å². The standard InChI is InChI=1S/C30H29N3O5S4/c1-3-41-26-8-5-4-7-24(26)29(35)33-25-17-21(11-14-27(25)41)28(34)31-18-23-19-32-30(40-23)20-9-12-22(13-10-20)39-16-6-15-38-42(2,36)37/h3-5,7-14,17,19H,6,15-16,18H2,1-2H3,(H,31,34)(H,33,35). The zero-order chi connectivity index (χ0) is 29.7. The Morgan fingerprint density at radius 1 is 1.12 bits per heavy atom. The van der Waals surface area contributed by atoms with Gasteiger partial charge in [0.1, 0.15) is 5.01 Å². The lowest BCUT2D eigenvalue weighted by atomic mass is 10.1. The van der Waals surface area contributed by atoms with Crippen LogP contribution in [0.5, 0.6) is 0 Å². The van der Waals surface area contributed by atoms with Crippen LogP contribution in [0.4, 0.5) is 5.69 Å². The summed E-state index contributed by atoms with van der Waals surface area (Å²) in [6.45, 7) is 2.50. The molecule has 4 aromatic rings. The number of thiazole rings is 1. The topological polar surface area (TPSA) is 114 Å². The smallest absolute Gasteiger partial charge is 0.264 e. The van der Waals surface area contributed by atoms with Gasteiger partial charge in [-0.25, -0.2) is 4.98 Å². The minimum atomic E-state index is -3.40. The maximum absolute atomic E-state index is 13.0. The summed E-state index contributed by atoms with van der Waals surface area (Å²) < 4.78 is 26.8. The number of anilines is 1. The molecule has 12 heteroatoms. The van der Waals surface area contributed by atoms with Crippen LogP contribution in [-0.2, 0) is 20.8 Å². The zero-order valence-electron chi connectivity index (χ0n) is 23.0. The van der Waals surface area contributed by atoms with Crippen molar-refractivity contribution in [3.8, 4) is 10.6 Å². The third-order valence-corrected chi connectivity index (χ3v) is 11.1. The van der Waals surface area contributed by atoms with E-state index in [1.807, 2.05) is 61.5 Å². The monoisotopic (exact) mass is 639 g/mol. The Balaban J connectivity index is 1.18. The van der Waals surface area contributed by atoms with Crippen LogP contribution in [0.25, 0.3) is 10.6 Å². The van der Waals surface area contributed by atoms with Crippen molar-refractivity contribution in [2.45, 2.75) is 34.6 Å². The molecule has 3 aromatic carbocycles. The number of amides is 2. The molecule has 8 nitrogen and oxygen atoms in total. The van der Waals surface area contributed by atoms with E-state index in [-0.39, 0.29) is 18.4 Å². The van der Waals surface area contributed by atoms with Gasteiger partial charge >= 0.3 is 0 Å². The quantitative estimate of drug-likeness (QED) is 0.0910. The van der Waals surface area contributed by atoms with Crippen molar-refractivity contribution in [2.24, 2.45) is 0 Å². The summed E-state index contributed by atoms with van der Waals surface area (Å²) in [7, 11) is -3.79. The third-order valence-electron chi connectivity index (χ3n) is 6.26. The maximum Gasteiger partial charge on any atom is 0.264 e. The number of benzene rings is 3. The van der Waals surface area contributed by atoms with Crippen LogP contribution in [0.3, 0.4) is 0 Å². The Bertz CT molecular complexity index is 1770. The second kappa shape index (κ2) is 13.3. The highest BCUT2D eigenvalue weighted by atomic mass is 32.2. The number of carbonyl (C=O) groups excluding carboxylic acids is 2. The molecule has 1 aromatic heterocycles. The van der Waals surface area contributed by atoms with E-state index in [0.717, 1.165) is 42.1 Å². The average molecular weight is 640 g/mol. The molecular weight excluding hydrogens is 611 g/mol. The summed E-state index contributed by atoms with van der Waals surface area (Å²) in [4.78, 5) is 34.4. The van der Waals surface area contributed by atoms with Gasteiger partial charge in [-0.05, 0) is 55.8 Å². The summed E-state index contributed by atoms with van der Waals surface area (Å²) in [5.41, 5.74) is 2.75. The van der Waals surface area contributed by atoms with Gasteiger partial charge in [0.25, 0.3) is 21.9 Å². The van der Waals surface area contributed by atoms with E-state index < -0.39 is 20.6 Å². The van der Waals surface area contributed by atoms with Crippen molar-refractivity contribution in [2.75, 3.05) is 23.9 Å². The fourth-order valence-corrected chi connectivity index (χ4v) is 8.35. The molecule has 0 radical (unpaired) electrons. The average Bonchev–Trinajstić information content (AvgIpc) is 3.41. The van der Waals surface area contributed by atoms with Crippen molar-refractivity contribution >= 4 is 66.6 Å². The first-order chi connectivity index (χ1) is 20.2. The summed E-state index contributed by atoms with van der Waals surface area (Å²) in [5, 5.41) is 8.90. The molecule has 1 unspecified atom stereocenters. The van der Waals surface area contributed by atoms with Crippen LogP contribution in [0, 0.1) is 0 Å². The van der Waals surface area contributed by atoms with Gasteiger partial charge in [0, 0.05) is 42.6 Å². The van der Waals surface area contributed by atoms with Crippen molar-refractivity contribution in [1.29, 1.82) is 0 Å². The molecule has 5 rings (SSSR count). The second-order valence-corrected chi connectivity index (χ2v) is 15.3. The Morgan fingerprint density at radius 3 is 2.67 bits per heavy atom. The predicted molar refractivity (Wildman–Crippen MR) is 172 cm³/mol. The largest absolute Gasteiger partial charge is 0.347 e. The van der Waals surface area contributed by atoms with Crippen LogP contribution in [0.15, 0.2) is 87.6 Å². The molecular formula is C30H29N3O5S4.